The van der Waals surface area contributed by atoms with Crippen LogP contribution in [0.15, 0.2) is 36.5 Å². The van der Waals surface area contributed by atoms with Gasteiger partial charge in [-0.2, -0.15) is 0 Å². The van der Waals surface area contributed by atoms with Crippen molar-refractivity contribution >= 4 is 16.7 Å². The van der Waals surface area contributed by atoms with Crippen molar-refractivity contribution in [1.29, 1.82) is 5.41 Å². The second-order valence-corrected chi connectivity index (χ2v) is 5.22. The van der Waals surface area contributed by atoms with Crippen LogP contribution >= 0.6 is 0 Å². The molecule has 0 aliphatic heterocycles. The zero-order valence-electron chi connectivity index (χ0n) is 11.3. The van der Waals surface area contributed by atoms with Crippen LogP contribution in [-0.4, -0.2) is 17.4 Å². The van der Waals surface area contributed by atoms with E-state index in [4.69, 9.17) is 15.9 Å². The van der Waals surface area contributed by atoms with Crippen molar-refractivity contribution in [2.75, 3.05) is 6.61 Å². The molecule has 0 atom stereocenters. The van der Waals surface area contributed by atoms with Gasteiger partial charge < -0.3 is 10.5 Å². The second kappa shape index (κ2) is 5.26. The summed E-state index contributed by atoms with van der Waals surface area (Å²) in [6, 6.07) is 9.72. The number of hydrogen-bond donors (Lipinski definition) is 2. The van der Waals surface area contributed by atoms with Gasteiger partial charge in [0, 0.05) is 17.0 Å². The summed E-state index contributed by atoms with van der Waals surface area (Å²) in [4.78, 5) is 4.29. The lowest BCUT2D eigenvalue weighted by atomic mass is 9.88. The molecule has 1 heterocycles. The molecule has 0 fully saturated rings. The van der Waals surface area contributed by atoms with E-state index < -0.39 is 0 Å². The lowest BCUT2D eigenvalue weighted by Crippen LogP contribution is -2.32. The maximum atomic E-state index is 7.52. The third-order valence-corrected chi connectivity index (χ3v) is 3.32. The maximum Gasteiger partial charge on any atom is 0.128 e. The molecule has 1 aromatic carbocycles. The molecular formula is C15H19N3O. The molecule has 1 aromatic heterocycles. The Morgan fingerprint density at radius 3 is 2.84 bits per heavy atom. The number of nitrogens with zero attached hydrogens (tertiary/aromatic N) is 1. The minimum absolute atomic E-state index is 0.190. The lowest BCUT2D eigenvalue weighted by molar-refractivity contribution is 0.271. The summed E-state index contributed by atoms with van der Waals surface area (Å²) in [7, 11) is 0. The highest BCUT2D eigenvalue weighted by atomic mass is 16.5. The van der Waals surface area contributed by atoms with Crippen molar-refractivity contribution < 1.29 is 4.74 Å². The van der Waals surface area contributed by atoms with Gasteiger partial charge in [-0.25, -0.2) is 0 Å². The number of pyridine rings is 1. The van der Waals surface area contributed by atoms with Gasteiger partial charge in [0.05, 0.1) is 18.0 Å². The van der Waals surface area contributed by atoms with Crippen LogP contribution in [0.5, 0.6) is 5.75 Å². The van der Waals surface area contributed by atoms with Gasteiger partial charge in [0.2, 0.25) is 0 Å². The van der Waals surface area contributed by atoms with E-state index in [0.717, 1.165) is 16.7 Å². The lowest BCUT2D eigenvalue weighted by Gasteiger charge is -2.22. The summed E-state index contributed by atoms with van der Waals surface area (Å²) in [5.41, 5.74) is 6.15. The van der Waals surface area contributed by atoms with E-state index in [1.807, 2.05) is 44.2 Å². The molecule has 4 nitrogen and oxygen atoms in total. The van der Waals surface area contributed by atoms with E-state index in [1.54, 1.807) is 6.20 Å². The molecule has 0 aliphatic carbocycles. The Bertz CT molecular complexity index is 587. The van der Waals surface area contributed by atoms with Crippen molar-refractivity contribution in [2.24, 2.45) is 11.1 Å². The summed E-state index contributed by atoms with van der Waals surface area (Å²) >= 11 is 0. The molecule has 0 bridgehead atoms. The molecule has 0 radical (unpaired) electrons. The Hall–Kier alpha value is -2.10. The smallest absolute Gasteiger partial charge is 0.128 e. The normalized spacial score (nSPS) is 11.5. The third kappa shape index (κ3) is 3.02. The Labute approximate surface area is 113 Å². The van der Waals surface area contributed by atoms with Gasteiger partial charge in [0.1, 0.15) is 5.75 Å². The van der Waals surface area contributed by atoms with E-state index in [-0.39, 0.29) is 11.3 Å². The zero-order chi connectivity index (χ0) is 13.9. The van der Waals surface area contributed by atoms with Gasteiger partial charge >= 0.3 is 0 Å². The Morgan fingerprint density at radius 2 is 2.11 bits per heavy atom. The van der Waals surface area contributed by atoms with Gasteiger partial charge in [0.15, 0.2) is 0 Å². The Kier molecular flexibility index (Phi) is 3.69. The number of nitrogens with one attached hydrogen (secondary N) is 1. The fourth-order valence-electron chi connectivity index (χ4n) is 1.75. The average molecular weight is 257 g/mol. The van der Waals surface area contributed by atoms with Crippen molar-refractivity contribution in [1.82, 2.24) is 4.98 Å². The van der Waals surface area contributed by atoms with E-state index in [0.29, 0.717) is 13.0 Å². The standard InChI is InChI=1S/C15H19N3O/c1-15(2,14(16)17)8-10-19-13-7-3-6-12-11(13)5-4-9-18-12/h3-7,9H,8,10H2,1-2H3,(H3,16,17). The Morgan fingerprint density at radius 1 is 1.32 bits per heavy atom. The predicted molar refractivity (Wildman–Crippen MR) is 77.6 cm³/mol. The number of hydrogen-bond acceptors (Lipinski definition) is 3. The second-order valence-electron chi connectivity index (χ2n) is 5.22. The highest BCUT2D eigenvalue weighted by Gasteiger charge is 2.21. The highest BCUT2D eigenvalue weighted by molar-refractivity contribution is 5.85. The van der Waals surface area contributed by atoms with Crippen molar-refractivity contribution in [3.63, 3.8) is 0 Å². The van der Waals surface area contributed by atoms with E-state index in [1.165, 1.54) is 0 Å². The number of rotatable bonds is 5. The van der Waals surface area contributed by atoms with Crippen LogP contribution in [0.2, 0.25) is 0 Å². The van der Waals surface area contributed by atoms with E-state index in [9.17, 15) is 0 Å². The Balaban J connectivity index is 2.09. The molecule has 4 heteroatoms. The fourth-order valence-corrected chi connectivity index (χ4v) is 1.75. The number of aromatic nitrogens is 1. The molecule has 0 unspecified atom stereocenters. The predicted octanol–water partition coefficient (Wildman–Crippen LogP) is 2.97. The highest BCUT2D eigenvalue weighted by Crippen LogP contribution is 2.25. The SMILES string of the molecule is CC(C)(CCOc1cccc2ncccc12)C(=N)N. The molecule has 0 saturated carbocycles. The average Bonchev–Trinajstić information content (AvgIpc) is 2.38. The minimum atomic E-state index is -0.331. The molecule has 0 spiro atoms. The van der Waals surface area contributed by atoms with E-state index >= 15 is 0 Å². The van der Waals surface area contributed by atoms with Crippen LogP contribution in [-0.2, 0) is 0 Å². The molecule has 3 N–H and O–H groups in total. The monoisotopic (exact) mass is 257 g/mol. The van der Waals surface area contributed by atoms with Crippen LogP contribution in [0, 0.1) is 10.8 Å². The molecule has 0 saturated heterocycles. The summed E-state index contributed by atoms with van der Waals surface area (Å²) in [5, 5.41) is 8.53. The van der Waals surface area contributed by atoms with Gasteiger partial charge in [-0.05, 0) is 30.7 Å². The molecule has 2 aromatic rings. The number of nitrogens with two attached hydrogens (primary N) is 1. The molecule has 19 heavy (non-hydrogen) atoms. The number of amidine groups is 1. The first-order valence-corrected chi connectivity index (χ1v) is 6.32. The number of fused-ring (bicyclic) bond motifs is 1. The first-order chi connectivity index (χ1) is 9.00. The third-order valence-electron chi connectivity index (χ3n) is 3.32. The summed E-state index contributed by atoms with van der Waals surface area (Å²) in [5.74, 6) is 1.01. The van der Waals surface area contributed by atoms with Crippen molar-refractivity contribution in [2.45, 2.75) is 20.3 Å². The van der Waals surface area contributed by atoms with Gasteiger partial charge in [0.25, 0.3) is 0 Å². The van der Waals surface area contributed by atoms with Crippen LogP contribution in [0.4, 0.5) is 0 Å². The van der Waals surface area contributed by atoms with Crippen molar-refractivity contribution in [3.05, 3.63) is 36.5 Å². The van der Waals surface area contributed by atoms with Crippen LogP contribution < -0.4 is 10.5 Å². The fraction of sp³-hybridized carbons (Fsp3) is 0.333. The summed E-state index contributed by atoms with van der Waals surface area (Å²) in [6.45, 7) is 4.42. The molecule has 2 rings (SSSR count). The van der Waals surface area contributed by atoms with Gasteiger partial charge in [-0.1, -0.05) is 19.9 Å². The van der Waals surface area contributed by atoms with Crippen LogP contribution in [0.1, 0.15) is 20.3 Å². The molecular weight excluding hydrogens is 238 g/mol. The first-order valence-electron chi connectivity index (χ1n) is 6.32. The first kappa shape index (κ1) is 13.3. The van der Waals surface area contributed by atoms with Gasteiger partial charge in [-0.15, -0.1) is 0 Å². The topological polar surface area (TPSA) is 72.0 Å². The molecule has 0 amide bonds. The van der Waals surface area contributed by atoms with Crippen LogP contribution in [0.25, 0.3) is 10.9 Å². The summed E-state index contributed by atoms with van der Waals surface area (Å²) < 4.78 is 5.81. The van der Waals surface area contributed by atoms with Gasteiger partial charge in [-0.3, -0.25) is 10.4 Å². The summed E-state index contributed by atoms with van der Waals surface area (Å²) in [6.07, 6.45) is 2.48. The van der Waals surface area contributed by atoms with E-state index in [2.05, 4.69) is 4.98 Å². The molecule has 100 valence electrons. The number of ether oxygens (including phenoxy) is 1. The zero-order valence-corrected chi connectivity index (χ0v) is 11.3. The van der Waals surface area contributed by atoms with Crippen LogP contribution in [0.3, 0.4) is 0 Å². The number of benzene rings is 1. The molecule has 0 aliphatic rings. The minimum Gasteiger partial charge on any atom is -0.493 e. The largest absolute Gasteiger partial charge is 0.493 e. The van der Waals surface area contributed by atoms with Crippen molar-refractivity contribution in [3.8, 4) is 5.75 Å². The maximum absolute atomic E-state index is 7.52. The quantitative estimate of drug-likeness (QED) is 0.639.